The van der Waals surface area contributed by atoms with Crippen LogP contribution in [0.4, 0.5) is 8.78 Å². The summed E-state index contributed by atoms with van der Waals surface area (Å²) in [7, 11) is 0. The van der Waals surface area contributed by atoms with E-state index in [0.717, 1.165) is 24.5 Å². The van der Waals surface area contributed by atoms with Crippen LogP contribution in [-0.4, -0.2) is 41.4 Å². The van der Waals surface area contributed by atoms with Crippen LogP contribution in [-0.2, 0) is 15.1 Å². The minimum Gasteiger partial charge on any atom is -0.347 e. The summed E-state index contributed by atoms with van der Waals surface area (Å²) in [4.78, 5) is 29.1. The van der Waals surface area contributed by atoms with Crippen molar-refractivity contribution in [2.45, 2.75) is 82.8 Å². The van der Waals surface area contributed by atoms with Crippen LogP contribution in [0, 0.1) is 11.6 Å². The number of hydrogen-bond acceptors (Lipinski definition) is 3. The van der Waals surface area contributed by atoms with Crippen molar-refractivity contribution >= 4 is 17.4 Å². The van der Waals surface area contributed by atoms with Crippen molar-refractivity contribution in [1.82, 2.24) is 15.5 Å². The van der Waals surface area contributed by atoms with E-state index in [-0.39, 0.29) is 23.5 Å². The maximum absolute atomic E-state index is 14.4. The molecule has 0 radical (unpaired) electrons. The molecule has 0 aromatic heterocycles. The van der Waals surface area contributed by atoms with Gasteiger partial charge in [-0.1, -0.05) is 63.1 Å². The number of hydrogen-bond donors (Lipinski definition) is 2. The van der Waals surface area contributed by atoms with Crippen LogP contribution in [0.1, 0.15) is 76.8 Å². The number of nitrogens with one attached hydrogen (secondary N) is 2. The van der Waals surface area contributed by atoms with E-state index in [1.54, 1.807) is 6.08 Å². The molecule has 0 spiro atoms. The van der Waals surface area contributed by atoms with Crippen molar-refractivity contribution < 1.29 is 18.4 Å². The van der Waals surface area contributed by atoms with Crippen LogP contribution < -0.4 is 10.6 Å². The standard InChI is InChI=1S/C33H41F2N3O2/c1-5-24(28-17-16-26(34)19-29(28)35)18-23(2)31(40)37-33(21-38(22-33)27-14-10-7-11-15-27)20-30(39)36-32(3,4)25-12-8-6-9-13-25/h6,8-9,12-13,16-19,27H,2,5,7,10-11,14-15,20-22H2,1,3-4H3,(H,36,39)(H,37,40)/b24-18+. The zero-order valence-electron chi connectivity index (χ0n) is 23.9. The second kappa shape index (κ2) is 12.5. The third-order valence-corrected chi connectivity index (χ3v) is 8.23. The molecule has 7 heteroatoms. The fourth-order valence-corrected chi connectivity index (χ4v) is 6.01. The van der Waals surface area contributed by atoms with Crippen molar-refractivity contribution in [2.75, 3.05) is 13.1 Å². The van der Waals surface area contributed by atoms with E-state index in [1.807, 2.05) is 51.1 Å². The monoisotopic (exact) mass is 549 g/mol. The van der Waals surface area contributed by atoms with Gasteiger partial charge in [0.1, 0.15) is 11.6 Å². The van der Waals surface area contributed by atoms with Crippen LogP contribution in [0.2, 0.25) is 0 Å². The number of carbonyl (C=O) groups excluding carboxylic acids is 2. The van der Waals surface area contributed by atoms with Crippen molar-refractivity contribution in [1.29, 1.82) is 0 Å². The summed E-state index contributed by atoms with van der Waals surface area (Å²) in [5, 5.41) is 6.27. The van der Waals surface area contributed by atoms with Gasteiger partial charge in [0, 0.05) is 36.3 Å². The lowest BCUT2D eigenvalue weighted by molar-refractivity contribution is -0.130. The van der Waals surface area contributed by atoms with Gasteiger partial charge in [0.05, 0.1) is 17.5 Å². The Hall–Kier alpha value is -3.32. The predicted molar refractivity (Wildman–Crippen MR) is 155 cm³/mol. The zero-order chi connectivity index (χ0) is 28.9. The number of nitrogens with zero attached hydrogens (tertiary/aromatic N) is 1. The maximum atomic E-state index is 14.4. The molecule has 0 bridgehead atoms. The Kier molecular flexibility index (Phi) is 9.24. The SMILES string of the molecule is C=C(/C=C(\CC)c1ccc(F)cc1F)C(=O)NC1(CC(=O)NC(C)(C)c2ccccc2)CN(C2CCCCC2)C1. The van der Waals surface area contributed by atoms with Gasteiger partial charge in [0.2, 0.25) is 5.91 Å². The lowest BCUT2D eigenvalue weighted by Gasteiger charge is -2.54. The molecule has 0 atom stereocenters. The van der Waals surface area contributed by atoms with E-state index in [4.69, 9.17) is 0 Å². The third kappa shape index (κ3) is 7.05. The second-order valence-electron chi connectivity index (χ2n) is 11.8. The summed E-state index contributed by atoms with van der Waals surface area (Å²) in [6.07, 6.45) is 8.06. The largest absolute Gasteiger partial charge is 0.347 e. The van der Waals surface area contributed by atoms with Gasteiger partial charge >= 0.3 is 0 Å². The quantitative estimate of drug-likeness (QED) is 0.272. The van der Waals surface area contributed by atoms with E-state index in [1.165, 1.54) is 31.4 Å². The van der Waals surface area contributed by atoms with Crippen LogP contribution in [0.15, 0.2) is 66.8 Å². The molecule has 1 saturated heterocycles. The number of amides is 2. The molecule has 1 aliphatic carbocycles. The normalized spacial score (nSPS) is 18.1. The highest BCUT2D eigenvalue weighted by Crippen LogP contribution is 2.34. The zero-order valence-corrected chi connectivity index (χ0v) is 23.9. The van der Waals surface area contributed by atoms with Crippen molar-refractivity contribution in [3.63, 3.8) is 0 Å². The Balaban J connectivity index is 1.49. The summed E-state index contributed by atoms with van der Waals surface area (Å²) in [5.41, 5.74) is 0.653. The molecule has 2 amide bonds. The molecule has 1 heterocycles. The molecule has 5 nitrogen and oxygen atoms in total. The first kappa shape index (κ1) is 29.7. The molecule has 0 unspecified atom stereocenters. The topological polar surface area (TPSA) is 61.4 Å². The summed E-state index contributed by atoms with van der Waals surface area (Å²) < 4.78 is 27.9. The molecule has 2 aromatic carbocycles. The average molecular weight is 550 g/mol. The third-order valence-electron chi connectivity index (χ3n) is 8.23. The average Bonchev–Trinajstić information content (AvgIpc) is 2.90. The summed E-state index contributed by atoms with van der Waals surface area (Å²) >= 11 is 0. The molecular weight excluding hydrogens is 508 g/mol. The van der Waals surface area contributed by atoms with Gasteiger partial charge in [0.25, 0.3) is 5.91 Å². The van der Waals surface area contributed by atoms with Gasteiger partial charge in [0.15, 0.2) is 0 Å². The number of carbonyl (C=O) groups is 2. The summed E-state index contributed by atoms with van der Waals surface area (Å²) in [6, 6.07) is 13.7. The van der Waals surface area contributed by atoms with E-state index in [2.05, 4.69) is 22.1 Å². The Labute approximate surface area is 236 Å². The Morgan fingerprint density at radius 3 is 2.38 bits per heavy atom. The molecule has 4 rings (SSSR count). The first-order chi connectivity index (χ1) is 19.0. The molecule has 2 fully saturated rings. The Morgan fingerprint density at radius 2 is 1.75 bits per heavy atom. The molecule has 40 heavy (non-hydrogen) atoms. The maximum Gasteiger partial charge on any atom is 0.251 e. The Morgan fingerprint density at radius 1 is 1.07 bits per heavy atom. The molecule has 1 saturated carbocycles. The number of halogens is 2. The lowest BCUT2D eigenvalue weighted by Crippen LogP contribution is -2.73. The number of likely N-dealkylation sites (tertiary alicyclic amines) is 1. The fraction of sp³-hybridized carbons (Fsp3) is 0.455. The smallest absolute Gasteiger partial charge is 0.251 e. The highest BCUT2D eigenvalue weighted by Gasteiger charge is 2.48. The van der Waals surface area contributed by atoms with Crippen LogP contribution in [0.5, 0.6) is 0 Å². The van der Waals surface area contributed by atoms with Gasteiger partial charge in [-0.05, 0) is 62.5 Å². The van der Waals surface area contributed by atoms with E-state index >= 15 is 0 Å². The number of benzene rings is 2. The van der Waals surface area contributed by atoms with Crippen LogP contribution in [0.25, 0.3) is 5.57 Å². The minimum absolute atomic E-state index is 0.138. The molecule has 2 aromatic rings. The van der Waals surface area contributed by atoms with Gasteiger partial charge in [-0.25, -0.2) is 8.78 Å². The van der Waals surface area contributed by atoms with Gasteiger partial charge < -0.3 is 10.6 Å². The van der Waals surface area contributed by atoms with Crippen LogP contribution >= 0.6 is 0 Å². The van der Waals surface area contributed by atoms with E-state index in [9.17, 15) is 18.4 Å². The first-order valence-electron chi connectivity index (χ1n) is 14.3. The molecule has 214 valence electrons. The predicted octanol–water partition coefficient (Wildman–Crippen LogP) is 6.26. The minimum atomic E-state index is -0.727. The van der Waals surface area contributed by atoms with Crippen molar-refractivity contribution in [2.24, 2.45) is 0 Å². The fourth-order valence-electron chi connectivity index (χ4n) is 6.01. The summed E-state index contributed by atoms with van der Waals surface area (Å²) in [5.74, 6) is -1.87. The number of allylic oxidation sites excluding steroid dienone is 1. The van der Waals surface area contributed by atoms with E-state index < -0.39 is 28.6 Å². The Bertz CT molecular complexity index is 1260. The number of rotatable bonds is 10. The molecule has 2 N–H and O–H groups in total. The van der Waals surface area contributed by atoms with Crippen molar-refractivity contribution in [3.05, 3.63) is 89.5 Å². The second-order valence-corrected chi connectivity index (χ2v) is 11.8. The van der Waals surface area contributed by atoms with Crippen LogP contribution in [0.3, 0.4) is 0 Å². The van der Waals surface area contributed by atoms with Gasteiger partial charge in [-0.2, -0.15) is 0 Å². The highest BCUT2D eigenvalue weighted by atomic mass is 19.1. The first-order valence-corrected chi connectivity index (χ1v) is 14.3. The summed E-state index contributed by atoms with van der Waals surface area (Å²) in [6.45, 7) is 10.9. The highest BCUT2D eigenvalue weighted by molar-refractivity contribution is 5.98. The lowest BCUT2D eigenvalue weighted by atomic mass is 9.81. The van der Waals surface area contributed by atoms with Gasteiger partial charge in [-0.3, -0.25) is 14.5 Å². The molecule has 2 aliphatic rings. The molecule has 1 aliphatic heterocycles. The van der Waals surface area contributed by atoms with E-state index in [0.29, 0.717) is 31.1 Å². The van der Waals surface area contributed by atoms with Crippen molar-refractivity contribution in [3.8, 4) is 0 Å². The molecular formula is C33H41F2N3O2. The van der Waals surface area contributed by atoms with Gasteiger partial charge in [-0.15, -0.1) is 0 Å².